The van der Waals surface area contributed by atoms with Gasteiger partial charge in [0, 0.05) is 32.4 Å². The van der Waals surface area contributed by atoms with Crippen LogP contribution in [0.15, 0.2) is 36.8 Å². The molecule has 3 heterocycles. The van der Waals surface area contributed by atoms with E-state index in [0.29, 0.717) is 12.1 Å². The molecule has 1 aromatic carbocycles. The molecule has 6 nitrogen and oxygen atoms in total. The Balaban J connectivity index is 1.50. The van der Waals surface area contributed by atoms with Gasteiger partial charge in [0.15, 0.2) is 0 Å². The lowest BCUT2D eigenvalue weighted by molar-refractivity contribution is 0.0952. The molecule has 4 rings (SSSR count). The molecule has 0 spiro atoms. The molecule has 3 aromatic rings. The Kier molecular flexibility index (Phi) is 3.11. The van der Waals surface area contributed by atoms with Gasteiger partial charge >= 0.3 is 0 Å². The zero-order valence-corrected chi connectivity index (χ0v) is 13.1. The Labute approximate surface area is 133 Å². The molecule has 2 aromatic heterocycles. The average Bonchev–Trinajstić information content (AvgIpc) is 3.20. The van der Waals surface area contributed by atoms with Crippen LogP contribution >= 0.6 is 0 Å². The Morgan fingerprint density at radius 1 is 1.43 bits per heavy atom. The first kappa shape index (κ1) is 13.9. The van der Waals surface area contributed by atoms with Crippen molar-refractivity contribution in [2.75, 3.05) is 0 Å². The highest BCUT2D eigenvalue weighted by atomic mass is 16.5. The molecule has 23 heavy (non-hydrogen) atoms. The highest BCUT2D eigenvalue weighted by Gasteiger charge is 2.19. The Morgan fingerprint density at radius 2 is 2.30 bits per heavy atom. The van der Waals surface area contributed by atoms with Crippen molar-refractivity contribution in [3.8, 4) is 5.75 Å². The molecular weight excluding hydrogens is 292 g/mol. The van der Waals surface area contributed by atoms with Crippen LogP contribution in [0.25, 0.3) is 5.65 Å². The number of amides is 1. The predicted octanol–water partition coefficient (Wildman–Crippen LogP) is 1.93. The van der Waals surface area contributed by atoms with Crippen molar-refractivity contribution >= 4 is 11.6 Å². The number of carbonyl (C=O) groups excluding carboxylic acids is 1. The quantitative estimate of drug-likeness (QED) is 0.804. The highest BCUT2D eigenvalue weighted by molar-refractivity contribution is 5.99. The summed E-state index contributed by atoms with van der Waals surface area (Å²) >= 11 is 0. The Hall–Kier alpha value is -2.76. The first-order valence-corrected chi connectivity index (χ1v) is 7.67. The largest absolute Gasteiger partial charge is 0.490 e. The summed E-state index contributed by atoms with van der Waals surface area (Å²) in [5.74, 6) is 0.835. The summed E-state index contributed by atoms with van der Waals surface area (Å²) in [6, 6.07) is 6.08. The van der Waals surface area contributed by atoms with Gasteiger partial charge in [0.1, 0.15) is 23.1 Å². The molecule has 1 amide bonds. The summed E-state index contributed by atoms with van der Waals surface area (Å²) in [6.07, 6.45) is 6.45. The van der Waals surface area contributed by atoms with E-state index >= 15 is 0 Å². The minimum atomic E-state index is -0.119. The molecular formula is C17H18N4O2. The van der Waals surface area contributed by atoms with Gasteiger partial charge in [-0.2, -0.15) is 5.10 Å². The number of carbonyl (C=O) groups is 1. The van der Waals surface area contributed by atoms with Crippen molar-refractivity contribution in [1.29, 1.82) is 0 Å². The number of benzene rings is 1. The Morgan fingerprint density at radius 3 is 3.17 bits per heavy atom. The third-order valence-corrected chi connectivity index (χ3v) is 4.19. The van der Waals surface area contributed by atoms with Crippen molar-refractivity contribution in [2.45, 2.75) is 26.0 Å². The summed E-state index contributed by atoms with van der Waals surface area (Å²) in [5, 5.41) is 7.16. The number of fused-ring (bicyclic) bond motifs is 2. The highest BCUT2D eigenvalue weighted by Crippen LogP contribution is 2.29. The fourth-order valence-corrected chi connectivity index (χ4v) is 3.07. The lowest BCUT2D eigenvalue weighted by Crippen LogP contribution is -2.23. The second-order valence-corrected chi connectivity index (χ2v) is 5.99. The van der Waals surface area contributed by atoms with Crippen LogP contribution in [-0.4, -0.2) is 26.2 Å². The maximum Gasteiger partial charge on any atom is 0.256 e. The van der Waals surface area contributed by atoms with Gasteiger partial charge in [-0.3, -0.25) is 4.79 Å². The van der Waals surface area contributed by atoms with Gasteiger partial charge in [-0.1, -0.05) is 12.1 Å². The van der Waals surface area contributed by atoms with Crippen molar-refractivity contribution in [3.05, 3.63) is 53.5 Å². The van der Waals surface area contributed by atoms with E-state index in [-0.39, 0.29) is 12.0 Å². The number of aromatic nitrogens is 3. The lowest BCUT2D eigenvalue weighted by atomic mass is 10.1. The number of hydrogen-bond acceptors (Lipinski definition) is 3. The Bertz CT molecular complexity index is 893. The molecule has 1 aliphatic heterocycles. The maximum atomic E-state index is 12.4. The zero-order valence-electron chi connectivity index (χ0n) is 13.1. The number of nitrogens with one attached hydrogen (secondary N) is 1. The van der Waals surface area contributed by atoms with Gasteiger partial charge in [0.25, 0.3) is 5.91 Å². The fourth-order valence-electron chi connectivity index (χ4n) is 3.07. The molecule has 1 atom stereocenters. The van der Waals surface area contributed by atoms with E-state index < -0.39 is 0 Å². The molecule has 0 bridgehead atoms. The monoisotopic (exact) mass is 310 g/mol. The van der Waals surface area contributed by atoms with E-state index in [0.717, 1.165) is 23.4 Å². The van der Waals surface area contributed by atoms with Crippen LogP contribution in [0.5, 0.6) is 5.75 Å². The molecule has 1 aliphatic rings. The van der Waals surface area contributed by atoms with E-state index in [1.54, 1.807) is 10.7 Å². The third kappa shape index (κ3) is 2.36. The van der Waals surface area contributed by atoms with Crippen molar-refractivity contribution < 1.29 is 9.53 Å². The van der Waals surface area contributed by atoms with E-state index in [9.17, 15) is 4.79 Å². The van der Waals surface area contributed by atoms with Crippen LogP contribution in [0.3, 0.4) is 0 Å². The smallest absolute Gasteiger partial charge is 0.256 e. The van der Waals surface area contributed by atoms with E-state index in [1.165, 1.54) is 5.56 Å². The van der Waals surface area contributed by atoms with Crippen molar-refractivity contribution in [2.24, 2.45) is 7.05 Å². The summed E-state index contributed by atoms with van der Waals surface area (Å²) in [6.45, 7) is 2.55. The number of aryl methyl sites for hydroxylation is 1. The summed E-state index contributed by atoms with van der Waals surface area (Å²) < 4.78 is 9.28. The average molecular weight is 310 g/mol. The van der Waals surface area contributed by atoms with Crippen LogP contribution in [0.2, 0.25) is 0 Å². The number of imidazole rings is 1. The van der Waals surface area contributed by atoms with E-state index in [2.05, 4.69) is 23.4 Å². The molecule has 1 N–H and O–H groups in total. The SMILES string of the molecule is C[C@@H]1Cc2cc(CNC(=O)c3cnn4ccn(C)c34)ccc2O1. The summed E-state index contributed by atoms with van der Waals surface area (Å²) in [5.41, 5.74) is 3.65. The first-order chi connectivity index (χ1) is 11.1. The molecule has 118 valence electrons. The van der Waals surface area contributed by atoms with Gasteiger partial charge < -0.3 is 14.6 Å². The number of rotatable bonds is 3. The fraction of sp³-hybridized carbons (Fsp3) is 0.294. The minimum Gasteiger partial charge on any atom is -0.490 e. The second-order valence-electron chi connectivity index (χ2n) is 5.99. The summed E-state index contributed by atoms with van der Waals surface area (Å²) in [7, 11) is 1.90. The topological polar surface area (TPSA) is 60.6 Å². The van der Waals surface area contributed by atoms with Crippen LogP contribution in [0.1, 0.15) is 28.4 Å². The minimum absolute atomic E-state index is 0.119. The molecule has 0 unspecified atom stereocenters. The van der Waals surface area contributed by atoms with Gasteiger partial charge in [-0.15, -0.1) is 0 Å². The van der Waals surface area contributed by atoms with Crippen LogP contribution in [0.4, 0.5) is 0 Å². The van der Waals surface area contributed by atoms with Gasteiger partial charge in [-0.25, -0.2) is 4.52 Å². The van der Waals surface area contributed by atoms with Crippen LogP contribution in [-0.2, 0) is 20.0 Å². The molecule has 0 radical (unpaired) electrons. The molecule has 6 heteroatoms. The van der Waals surface area contributed by atoms with Gasteiger partial charge in [0.2, 0.25) is 0 Å². The van der Waals surface area contributed by atoms with Gasteiger partial charge in [0.05, 0.1) is 6.20 Å². The third-order valence-electron chi connectivity index (χ3n) is 4.19. The number of nitrogens with zero attached hydrogens (tertiary/aromatic N) is 3. The van der Waals surface area contributed by atoms with Crippen molar-refractivity contribution in [1.82, 2.24) is 19.5 Å². The maximum absolute atomic E-state index is 12.4. The zero-order chi connectivity index (χ0) is 16.0. The summed E-state index contributed by atoms with van der Waals surface area (Å²) in [4.78, 5) is 12.4. The predicted molar refractivity (Wildman–Crippen MR) is 85.6 cm³/mol. The standard InChI is InChI=1S/C17H18N4O2/c1-11-7-13-8-12(3-4-15(13)23-11)9-18-16(22)14-10-19-21-6-5-20(2)17(14)21/h3-6,8,10-11H,7,9H2,1-2H3,(H,18,22)/t11-/m1/s1. The molecule has 0 fully saturated rings. The van der Waals surface area contributed by atoms with Crippen molar-refractivity contribution in [3.63, 3.8) is 0 Å². The number of hydrogen-bond donors (Lipinski definition) is 1. The van der Waals surface area contributed by atoms with Crippen LogP contribution in [0, 0.1) is 0 Å². The van der Waals surface area contributed by atoms with E-state index in [1.807, 2.05) is 36.1 Å². The first-order valence-electron chi connectivity index (χ1n) is 7.67. The lowest BCUT2D eigenvalue weighted by Gasteiger charge is -2.06. The second kappa shape index (κ2) is 5.15. The van der Waals surface area contributed by atoms with Gasteiger partial charge in [-0.05, 0) is 24.1 Å². The molecule has 0 saturated carbocycles. The molecule has 0 saturated heterocycles. The number of ether oxygens (including phenoxy) is 1. The normalized spacial score (nSPS) is 16.3. The molecule has 0 aliphatic carbocycles. The van der Waals surface area contributed by atoms with E-state index in [4.69, 9.17) is 4.74 Å². The van der Waals surface area contributed by atoms with Crippen LogP contribution < -0.4 is 10.1 Å².